The number of anilines is 1. The number of nitrogens with zero attached hydrogens (tertiary/aromatic N) is 2. The van der Waals surface area contributed by atoms with Crippen LogP contribution in [0.25, 0.3) is 0 Å². The van der Waals surface area contributed by atoms with Crippen molar-refractivity contribution in [1.82, 2.24) is 9.78 Å². The Balaban J connectivity index is 2.15. The normalized spacial score (nSPS) is 16.0. The van der Waals surface area contributed by atoms with Crippen LogP contribution >= 0.6 is 0 Å². The van der Waals surface area contributed by atoms with Crippen molar-refractivity contribution < 1.29 is 0 Å². The van der Waals surface area contributed by atoms with Gasteiger partial charge in [0.05, 0.1) is 5.69 Å². The topological polar surface area (TPSA) is 55.9 Å². The highest BCUT2D eigenvalue weighted by Crippen LogP contribution is 2.26. The average Bonchev–Trinajstić information content (AvgIpc) is 2.88. The van der Waals surface area contributed by atoms with Crippen molar-refractivity contribution in [2.45, 2.75) is 45.2 Å². The van der Waals surface area contributed by atoms with Crippen molar-refractivity contribution in [2.75, 3.05) is 11.9 Å². The Kier molecular flexibility index (Phi) is 2.95. The maximum absolute atomic E-state index is 5.54. The molecular formula is C11H20N4. The van der Waals surface area contributed by atoms with Crippen molar-refractivity contribution in [3.63, 3.8) is 0 Å². The molecule has 84 valence electrons. The SMILES string of the molecule is CC(C)n1nc(CCN)cc1NC1CC1. The van der Waals surface area contributed by atoms with Gasteiger partial charge in [-0.25, -0.2) is 4.68 Å². The third kappa shape index (κ3) is 2.50. The van der Waals surface area contributed by atoms with E-state index in [1.54, 1.807) is 0 Å². The summed E-state index contributed by atoms with van der Waals surface area (Å²) in [6.45, 7) is 4.96. The van der Waals surface area contributed by atoms with Crippen LogP contribution in [-0.2, 0) is 6.42 Å². The van der Waals surface area contributed by atoms with Crippen molar-refractivity contribution >= 4 is 5.82 Å². The van der Waals surface area contributed by atoms with E-state index in [1.165, 1.54) is 12.8 Å². The zero-order valence-corrected chi connectivity index (χ0v) is 9.53. The molecule has 15 heavy (non-hydrogen) atoms. The Morgan fingerprint density at radius 3 is 2.87 bits per heavy atom. The lowest BCUT2D eigenvalue weighted by Gasteiger charge is -2.11. The van der Waals surface area contributed by atoms with E-state index in [4.69, 9.17) is 5.73 Å². The van der Waals surface area contributed by atoms with Crippen LogP contribution in [0.15, 0.2) is 6.07 Å². The van der Waals surface area contributed by atoms with E-state index in [0.29, 0.717) is 18.6 Å². The first kappa shape index (κ1) is 10.5. The molecule has 1 fully saturated rings. The molecule has 0 bridgehead atoms. The molecule has 4 heteroatoms. The Bertz CT molecular complexity index is 325. The van der Waals surface area contributed by atoms with Gasteiger partial charge in [-0.2, -0.15) is 5.10 Å². The Labute approximate surface area is 90.8 Å². The minimum Gasteiger partial charge on any atom is -0.368 e. The lowest BCUT2D eigenvalue weighted by atomic mass is 10.3. The zero-order valence-electron chi connectivity index (χ0n) is 9.53. The summed E-state index contributed by atoms with van der Waals surface area (Å²) in [7, 11) is 0. The molecule has 0 radical (unpaired) electrons. The summed E-state index contributed by atoms with van der Waals surface area (Å²) in [5, 5.41) is 8.06. The molecule has 0 unspecified atom stereocenters. The molecule has 0 aliphatic heterocycles. The monoisotopic (exact) mass is 208 g/mol. The van der Waals surface area contributed by atoms with Gasteiger partial charge in [0, 0.05) is 24.6 Å². The molecule has 1 aromatic rings. The number of hydrogen-bond donors (Lipinski definition) is 2. The fraction of sp³-hybridized carbons (Fsp3) is 0.727. The van der Waals surface area contributed by atoms with Crippen LogP contribution in [0, 0.1) is 0 Å². The Morgan fingerprint density at radius 2 is 2.33 bits per heavy atom. The number of aromatic nitrogens is 2. The van der Waals surface area contributed by atoms with Crippen LogP contribution < -0.4 is 11.1 Å². The quantitative estimate of drug-likeness (QED) is 0.771. The van der Waals surface area contributed by atoms with E-state index >= 15 is 0 Å². The second kappa shape index (κ2) is 4.23. The summed E-state index contributed by atoms with van der Waals surface area (Å²) in [6, 6.07) is 3.20. The fourth-order valence-electron chi connectivity index (χ4n) is 1.65. The molecule has 0 spiro atoms. The van der Waals surface area contributed by atoms with Crippen LogP contribution in [-0.4, -0.2) is 22.4 Å². The van der Waals surface area contributed by atoms with Gasteiger partial charge in [-0.1, -0.05) is 0 Å². The second-order valence-corrected chi connectivity index (χ2v) is 4.52. The van der Waals surface area contributed by atoms with E-state index in [9.17, 15) is 0 Å². The van der Waals surface area contributed by atoms with E-state index in [-0.39, 0.29) is 0 Å². The summed E-state index contributed by atoms with van der Waals surface area (Å²) in [6.07, 6.45) is 3.43. The molecule has 1 heterocycles. The van der Waals surface area contributed by atoms with Gasteiger partial charge < -0.3 is 11.1 Å². The Hall–Kier alpha value is -1.03. The van der Waals surface area contributed by atoms with Crippen LogP contribution in [0.4, 0.5) is 5.82 Å². The maximum Gasteiger partial charge on any atom is 0.125 e. The Morgan fingerprint density at radius 1 is 1.60 bits per heavy atom. The van der Waals surface area contributed by atoms with Gasteiger partial charge in [-0.05, 0) is 33.2 Å². The molecule has 2 rings (SSSR count). The van der Waals surface area contributed by atoms with Crippen molar-refractivity contribution in [1.29, 1.82) is 0 Å². The van der Waals surface area contributed by atoms with E-state index in [1.807, 2.05) is 0 Å². The summed E-state index contributed by atoms with van der Waals surface area (Å²) in [4.78, 5) is 0. The molecule has 0 atom stereocenters. The second-order valence-electron chi connectivity index (χ2n) is 4.52. The van der Waals surface area contributed by atoms with Crippen LogP contribution in [0.5, 0.6) is 0 Å². The van der Waals surface area contributed by atoms with Gasteiger partial charge in [0.1, 0.15) is 5.82 Å². The average molecular weight is 208 g/mol. The van der Waals surface area contributed by atoms with Crippen molar-refractivity contribution in [3.8, 4) is 0 Å². The fourth-order valence-corrected chi connectivity index (χ4v) is 1.65. The lowest BCUT2D eigenvalue weighted by Crippen LogP contribution is -2.11. The first-order valence-electron chi connectivity index (χ1n) is 5.75. The summed E-state index contributed by atoms with van der Waals surface area (Å²) in [5.74, 6) is 1.15. The van der Waals surface area contributed by atoms with Gasteiger partial charge in [0.2, 0.25) is 0 Å². The summed E-state index contributed by atoms with van der Waals surface area (Å²) in [5.41, 5.74) is 6.63. The predicted molar refractivity (Wildman–Crippen MR) is 62.0 cm³/mol. The maximum atomic E-state index is 5.54. The van der Waals surface area contributed by atoms with E-state index in [0.717, 1.165) is 17.9 Å². The molecule has 3 N–H and O–H groups in total. The predicted octanol–water partition coefficient (Wildman–Crippen LogP) is 1.54. The zero-order chi connectivity index (χ0) is 10.8. The summed E-state index contributed by atoms with van der Waals surface area (Å²) < 4.78 is 2.06. The largest absolute Gasteiger partial charge is 0.368 e. The summed E-state index contributed by atoms with van der Waals surface area (Å²) >= 11 is 0. The smallest absolute Gasteiger partial charge is 0.125 e. The molecule has 4 nitrogen and oxygen atoms in total. The molecule has 1 aromatic heterocycles. The minimum absolute atomic E-state index is 0.401. The number of rotatable bonds is 5. The molecule has 0 saturated heterocycles. The number of hydrogen-bond acceptors (Lipinski definition) is 3. The molecule has 1 saturated carbocycles. The van der Waals surface area contributed by atoms with Gasteiger partial charge in [-0.3, -0.25) is 0 Å². The number of nitrogens with one attached hydrogen (secondary N) is 1. The van der Waals surface area contributed by atoms with Gasteiger partial charge >= 0.3 is 0 Å². The highest BCUT2D eigenvalue weighted by atomic mass is 15.3. The third-order valence-electron chi connectivity index (χ3n) is 2.61. The molecule has 1 aliphatic rings. The molecule has 0 aromatic carbocycles. The van der Waals surface area contributed by atoms with Gasteiger partial charge in [-0.15, -0.1) is 0 Å². The van der Waals surface area contributed by atoms with Crippen molar-refractivity contribution in [2.24, 2.45) is 5.73 Å². The lowest BCUT2D eigenvalue weighted by molar-refractivity contribution is 0.531. The van der Waals surface area contributed by atoms with Crippen LogP contribution in [0.2, 0.25) is 0 Å². The standard InChI is InChI=1S/C11H20N4/c1-8(2)15-11(13-9-3-4-9)7-10(14-15)5-6-12/h7-9,13H,3-6,12H2,1-2H3. The highest BCUT2D eigenvalue weighted by Gasteiger charge is 2.23. The van der Waals surface area contributed by atoms with Crippen LogP contribution in [0.1, 0.15) is 38.4 Å². The van der Waals surface area contributed by atoms with Gasteiger partial charge in [0.15, 0.2) is 0 Å². The number of nitrogens with two attached hydrogens (primary N) is 1. The third-order valence-corrected chi connectivity index (χ3v) is 2.61. The molecular weight excluding hydrogens is 188 g/mol. The van der Waals surface area contributed by atoms with E-state index in [2.05, 4.69) is 35.0 Å². The van der Waals surface area contributed by atoms with Gasteiger partial charge in [0.25, 0.3) is 0 Å². The van der Waals surface area contributed by atoms with Crippen molar-refractivity contribution in [3.05, 3.63) is 11.8 Å². The highest BCUT2D eigenvalue weighted by molar-refractivity contribution is 5.40. The first-order valence-corrected chi connectivity index (χ1v) is 5.75. The minimum atomic E-state index is 0.401. The van der Waals surface area contributed by atoms with Crippen LogP contribution in [0.3, 0.4) is 0 Å². The molecule has 0 amide bonds. The molecule has 1 aliphatic carbocycles. The van der Waals surface area contributed by atoms with E-state index < -0.39 is 0 Å². The first-order chi connectivity index (χ1) is 7.20.